The molecule has 2 aromatic carbocycles. The molecule has 0 aliphatic carbocycles. The van der Waals surface area contributed by atoms with Crippen LogP contribution in [0.5, 0.6) is 0 Å². The van der Waals surface area contributed by atoms with E-state index in [-0.39, 0.29) is 6.03 Å². The van der Waals surface area contributed by atoms with Gasteiger partial charge in [0.25, 0.3) is 0 Å². The highest BCUT2D eigenvalue weighted by molar-refractivity contribution is 6.12. The van der Waals surface area contributed by atoms with Crippen molar-refractivity contribution in [1.82, 2.24) is 14.9 Å². The van der Waals surface area contributed by atoms with Crippen LogP contribution in [0.15, 0.2) is 73.1 Å². The molecule has 1 N–H and O–H groups in total. The molecule has 0 radical (unpaired) electrons. The van der Waals surface area contributed by atoms with Gasteiger partial charge in [-0.05, 0) is 30.2 Å². The molecule has 0 unspecified atom stereocenters. The van der Waals surface area contributed by atoms with Crippen LogP contribution in [0.25, 0.3) is 21.8 Å². The first-order valence-corrected chi connectivity index (χ1v) is 9.53. The minimum Gasteiger partial charge on any atom is -0.324 e. The molecule has 1 fully saturated rings. The van der Waals surface area contributed by atoms with Crippen LogP contribution >= 0.6 is 0 Å². The number of rotatable bonds is 2. The summed E-state index contributed by atoms with van der Waals surface area (Å²) in [6.45, 7) is 1.48. The Morgan fingerprint density at radius 1 is 0.964 bits per heavy atom. The quantitative estimate of drug-likeness (QED) is 0.517. The number of hydrogen-bond acceptors (Lipinski definition) is 3. The number of carbonyl (C=O) groups excluding carboxylic acids is 1. The maximum absolute atomic E-state index is 12.9. The number of anilines is 1. The van der Waals surface area contributed by atoms with E-state index in [9.17, 15) is 4.79 Å². The average Bonchev–Trinajstić information content (AvgIpc) is 3.25. The SMILES string of the molecule is O=C(Nc1cc2ncccc2c2cccnc12)N1CC[C@H](c2ccccc2)C1. The lowest BCUT2D eigenvalue weighted by atomic mass is 9.99. The molecule has 0 bridgehead atoms. The maximum Gasteiger partial charge on any atom is 0.321 e. The molecular weight excluding hydrogens is 348 g/mol. The van der Waals surface area contributed by atoms with Crippen molar-refractivity contribution >= 4 is 33.5 Å². The lowest BCUT2D eigenvalue weighted by Gasteiger charge is -2.18. The second-order valence-corrected chi connectivity index (χ2v) is 7.17. The Kier molecular flexibility index (Phi) is 4.13. The number of nitrogens with one attached hydrogen (secondary N) is 1. The van der Waals surface area contributed by atoms with Gasteiger partial charge in [-0.1, -0.05) is 42.5 Å². The third-order valence-electron chi connectivity index (χ3n) is 5.46. The number of aromatic nitrogens is 2. The van der Waals surface area contributed by atoms with Crippen LogP contribution in [0.2, 0.25) is 0 Å². The Morgan fingerprint density at radius 2 is 1.75 bits per heavy atom. The van der Waals surface area contributed by atoms with E-state index < -0.39 is 0 Å². The molecule has 5 heteroatoms. The zero-order chi connectivity index (χ0) is 18.9. The van der Waals surface area contributed by atoms with Gasteiger partial charge in [0.2, 0.25) is 0 Å². The molecule has 5 nitrogen and oxygen atoms in total. The van der Waals surface area contributed by atoms with Crippen molar-refractivity contribution in [2.45, 2.75) is 12.3 Å². The number of benzene rings is 2. The third kappa shape index (κ3) is 2.95. The van der Waals surface area contributed by atoms with E-state index in [1.54, 1.807) is 12.4 Å². The van der Waals surface area contributed by atoms with Crippen molar-refractivity contribution in [1.29, 1.82) is 0 Å². The van der Waals surface area contributed by atoms with Gasteiger partial charge in [0.05, 0.1) is 16.7 Å². The van der Waals surface area contributed by atoms with Crippen molar-refractivity contribution < 1.29 is 4.79 Å². The lowest BCUT2D eigenvalue weighted by molar-refractivity contribution is 0.222. The molecule has 4 aromatic rings. The first-order valence-electron chi connectivity index (χ1n) is 9.53. The fraction of sp³-hybridized carbons (Fsp3) is 0.174. The fourth-order valence-corrected chi connectivity index (χ4v) is 4.03. The van der Waals surface area contributed by atoms with Gasteiger partial charge in [-0.15, -0.1) is 0 Å². The Labute approximate surface area is 163 Å². The maximum atomic E-state index is 12.9. The summed E-state index contributed by atoms with van der Waals surface area (Å²) in [5, 5.41) is 5.10. The van der Waals surface area contributed by atoms with Gasteiger partial charge in [-0.25, -0.2) is 4.79 Å². The van der Waals surface area contributed by atoms with Crippen LogP contribution in [-0.2, 0) is 0 Å². The van der Waals surface area contributed by atoms with Crippen LogP contribution < -0.4 is 5.32 Å². The number of fused-ring (bicyclic) bond motifs is 3. The highest BCUT2D eigenvalue weighted by atomic mass is 16.2. The van der Waals surface area contributed by atoms with E-state index in [4.69, 9.17) is 0 Å². The minimum atomic E-state index is -0.0827. The van der Waals surface area contributed by atoms with E-state index in [1.165, 1.54) is 5.56 Å². The first kappa shape index (κ1) is 16.7. The van der Waals surface area contributed by atoms with E-state index in [0.29, 0.717) is 11.6 Å². The summed E-state index contributed by atoms with van der Waals surface area (Å²) in [7, 11) is 0. The van der Waals surface area contributed by atoms with E-state index in [2.05, 4.69) is 39.6 Å². The second-order valence-electron chi connectivity index (χ2n) is 7.17. The van der Waals surface area contributed by atoms with Gasteiger partial charge in [0.1, 0.15) is 0 Å². The molecule has 3 heterocycles. The van der Waals surface area contributed by atoms with Gasteiger partial charge in [-0.3, -0.25) is 9.97 Å². The molecule has 1 saturated heterocycles. The number of urea groups is 1. The Bertz CT molecular complexity index is 1160. The summed E-state index contributed by atoms with van der Waals surface area (Å²) in [5.41, 5.74) is 3.63. The van der Waals surface area contributed by atoms with Crippen molar-refractivity contribution in [2.75, 3.05) is 18.4 Å². The first-order chi connectivity index (χ1) is 13.8. The van der Waals surface area contributed by atoms with E-state index >= 15 is 0 Å². The van der Waals surface area contributed by atoms with Gasteiger partial charge >= 0.3 is 6.03 Å². The van der Waals surface area contributed by atoms with Gasteiger partial charge in [0, 0.05) is 42.2 Å². The van der Waals surface area contributed by atoms with Crippen molar-refractivity contribution in [3.63, 3.8) is 0 Å². The number of pyridine rings is 2. The van der Waals surface area contributed by atoms with Crippen LogP contribution in [0.3, 0.4) is 0 Å². The number of likely N-dealkylation sites (tertiary alicyclic amines) is 1. The number of hydrogen-bond donors (Lipinski definition) is 1. The molecule has 138 valence electrons. The Morgan fingerprint density at radius 3 is 2.61 bits per heavy atom. The molecule has 2 amide bonds. The molecule has 0 saturated carbocycles. The van der Waals surface area contributed by atoms with Crippen LogP contribution in [0.4, 0.5) is 10.5 Å². The van der Waals surface area contributed by atoms with E-state index in [1.807, 2.05) is 41.3 Å². The van der Waals surface area contributed by atoms with Gasteiger partial charge < -0.3 is 10.2 Å². The average molecular weight is 368 g/mol. The Balaban J connectivity index is 1.43. The number of carbonyl (C=O) groups is 1. The highest BCUT2D eigenvalue weighted by Gasteiger charge is 2.27. The zero-order valence-electron chi connectivity index (χ0n) is 15.4. The normalized spacial score (nSPS) is 16.6. The standard InChI is InChI=1S/C23H20N4O/c28-23(27-13-10-17(15-27)16-6-2-1-3-7-16)26-21-14-20-18(8-4-11-24-20)19-9-5-12-25-22(19)21/h1-9,11-12,14,17H,10,13,15H2,(H,26,28)/t17-/m0/s1. The number of nitrogens with zero attached hydrogens (tertiary/aromatic N) is 3. The molecule has 1 atom stereocenters. The smallest absolute Gasteiger partial charge is 0.321 e. The second kappa shape index (κ2) is 6.93. The van der Waals surface area contributed by atoms with Crippen molar-refractivity contribution in [2.24, 2.45) is 0 Å². The third-order valence-corrected chi connectivity index (χ3v) is 5.46. The summed E-state index contributed by atoms with van der Waals surface area (Å²) < 4.78 is 0. The highest BCUT2D eigenvalue weighted by Crippen LogP contribution is 2.31. The molecule has 0 spiro atoms. The summed E-state index contributed by atoms with van der Waals surface area (Å²) in [5.74, 6) is 0.389. The van der Waals surface area contributed by atoms with Gasteiger partial charge in [-0.2, -0.15) is 0 Å². The molecule has 5 rings (SSSR count). The summed E-state index contributed by atoms with van der Waals surface area (Å²) in [6.07, 6.45) is 4.50. The van der Waals surface area contributed by atoms with E-state index in [0.717, 1.165) is 41.3 Å². The molecule has 1 aliphatic heterocycles. The predicted molar refractivity (Wildman–Crippen MR) is 111 cm³/mol. The minimum absolute atomic E-state index is 0.0827. The summed E-state index contributed by atoms with van der Waals surface area (Å²) >= 11 is 0. The van der Waals surface area contributed by atoms with Gasteiger partial charge in [0.15, 0.2) is 0 Å². The molecular formula is C23H20N4O. The lowest BCUT2D eigenvalue weighted by Crippen LogP contribution is -2.32. The monoisotopic (exact) mass is 368 g/mol. The predicted octanol–water partition coefficient (Wildman–Crippen LogP) is 4.80. The molecule has 1 aliphatic rings. The largest absolute Gasteiger partial charge is 0.324 e. The van der Waals surface area contributed by atoms with Crippen molar-refractivity contribution in [3.05, 3.63) is 78.6 Å². The van der Waals surface area contributed by atoms with Crippen molar-refractivity contribution in [3.8, 4) is 0 Å². The zero-order valence-corrected chi connectivity index (χ0v) is 15.4. The van der Waals surface area contributed by atoms with Crippen LogP contribution in [-0.4, -0.2) is 34.0 Å². The molecule has 28 heavy (non-hydrogen) atoms. The summed E-state index contributed by atoms with van der Waals surface area (Å²) in [4.78, 5) is 23.8. The summed E-state index contributed by atoms with van der Waals surface area (Å²) in [6, 6.07) is 20.1. The topological polar surface area (TPSA) is 58.1 Å². The molecule has 2 aromatic heterocycles. The fourth-order valence-electron chi connectivity index (χ4n) is 4.03. The van der Waals surface area contributed by atoms with Crippen LogP contribution in [0, 0.1) is 0 Å². The number of amides is 2. The Hall–Kier alpha value is -3.47. The van der Waals surface area contributed by atoms with Crippen LogP contribution in [0.1, 0.15) is 17.9 Å².